The van der Waals surface area contributed by atoms with E-state index in [0.29, 0.717) is 37.9 Å². The molecule has 0 aromatic heterocycles. The Bertz CT molecular complexity index is 178. The van der Waals surface area contributed by atoms with Crippen LogP contribution in [0.4, 0.5) is 0 Å². The Balaban J connectivity index is 4.33. The fourth-order valence-corrected chi connectivity index (χ4v) is 2.28. The second kappa shape index (κ2) is 10.7. The van der Waals surface area contributed by atoms with Gasteiger partial charge >= 0.3 is 0 Å². The van der Waals surface area contributed by atoms with Gasteiger partial charge in [0.05, 0.1) is 32.5 Å². The molecule has 1 atom stereocenters. The van der Waals surface area contributed by atoms with Gasteiger partial charge in [-0.05, 0) is 34.6 Å². The van der Waals surface area contributed by atoms with Crippen LogP contribution in [0.1, 0.15) is 34.6 Å². The molecule has 0 saturated heterocycles. The quantitative estimate of drug-likeness (QED) is 0.533. The molecule has 110 valence electrons. The van der Waals surface area contributed by atoms with E-state index in [-0.39, 0.29) is 0 Å². The number of nitrogens with zero attached hydrogens (tertiary/aromatic N) is 1. The van der Waals surface area contributed by atoms with Crippen LogP contribution >= 0.6 is 0 Å². The highest BCUT2D eigenvalue weighted by Gasteiger charge is 2.24. The Hall–Kier alpha value is -0.160. The molecular formula is C14H31NO3. The van der Waals surface area contributed by atoms with Gasteiger partial charge in [0.2, 0.25) is 0 Å². The molecule has 0 aliphatic carbocycles. The predicted molar refractivity (Wildman–Crippen MR) is 75.1 cm³/mol. The van der Waals surface area contributed by atoms with Crippen molar-refractivity contribution in [1.29, 1.82) is 0 Å². The molecule has 0 spiro atoms. The first-order chi connectivity index (χ1) is 8.54. The maximum Gasteiger partial charge on any atom is 0.0701 e. The SMILES string of the molecule is CCOCC(COCCOC)N(C(C)C)C(C)C. The van der Waals surface area contributed by atoms with Crippen molar-refractivity contribution in [2.75, 3.05) is 40.1 Å². The third kappa shape index (κ3) is 7.31. The number of methoxy groups -OCH3 is 1. The maximum atomic E-state index is 5.67. The third-order valence-electron chi connectivity index (χ3n) is 2.87. The van der Waals surface area contributed by atoms with E-state index in [1.54, 1.807) is 7.11 Å². The molecule has 0 radical (unpaired) electrons. The van der Waals surface area contributed by atoms with E-state index in [2.05, 4.69) is 32.6 Å². The highest BCUT2D eigenvalue weighted by Crippen LogP contribution is 2.12. The van der Waals surface area contributed by atoms with E-state index in [4.69, 9.17) is 14.2 Å². The van der Waals surface area contributed by atoms with Gasteiger partial charge in [0, 0.05) is 25.8 Å². The molecule has 0 aliphatic heterocycles. The van der Waals surface area contributed by atoms with Crippen LogP contribution in [0.25, 0.3) is 0 Å². The minimum absolute atomic E-state index is 0.307. The fraction of sp³-hybridized carbons (Fsp3) is 1.00. The highest BCUT2D eigenvalue weighted by atomic mass is 16.5. The Morgan fingerprint density at radius 3 is 1.89 bits per heavy atom. The van der Waals surface area contributed by atoms with Crippen molar-refractivity contribution in [3.05, 3.63) is 0 Å². The minimum Gasteiger partial charge on any atom is -0.382 e. The first-order valence-electron chi connectivity index (χ1n) is 6.96. The minimum atomic E-state index is 0.307. The van der Waals surface area contributed by atoms with Crippen molar-refractivity contribution >= 4 is 0 Å². The van der Waals surface area contributed by atoms with Gasteiger partial charge in [-0.15, -0.1) is 0 Å². The van der Waals surface area contributed by atoms with E-state index in [1.165, 1.54) is 0 Å². The molecule has 4 heteroatoms. The zero-order valence-electron chi connectivity index (χ0n) is 12.9. The summed E-state index contributed by atoms with van der Waals surface area (Å²) >= 11 is 0. The van der Waals surface area contributed by atoms with E-state index < -0.39 is 0 Å². The van der Waals surface area contributed by atoms with Crippen LogP contribution in [0.2, 0.25) is 0 Å². The summed E-state index contributed by atoms with van der Waals surface area (Å²) in [5.74, 6) is 0. The van der Waals surface area contributed by atoms with Crippen molar-refractivity contribution in [2.24, 2.45) is 0 Å². The summed E-state index contributed by atoms with van der Waals surface area (Å²) in [5, 5.41) is 0. The molecule has 0 N–H and O–H groups in total. The fourth-order valence-electron chi connectivity index (χ4n) is 2.28. The van der Waals surface area contributed by atoms with Crippen molar-refractivity contribution < 1.29 is 14.2 Å². The predicted octanol–water partition coefficient (Wildman–Crippen LogP) is 2.17. The van der Waals surface area contributed by atoms with Crippen LogP contribution < -0.4 is 0 Å². The lowest BCUT2D eigenvalue weighted by Crippen LogP contribution is -2.49. The topological polar surface area (TPSA) is 30.9 Å². The summed E-state index contributed by atoms with van der Waals surface area (Å²) in [6, 6.07) is 1.28. The monoisotopic (exact) mass is 261 g/mol. The van der Waals surface area contributed by atoms with E-state index >= 15 is 0 Å². The van der Waals surface area contributed by atoms with Gasteiger partial charge in [-0.3, -0.25) is 4.90 Å². The Morgan fingerprint density at radius 1 is 0.889 bits per heavy atom. The van der Waals surface area contributed by atoms with Gasteiger partial charge in [-0.25, -0.2) is 0 Å². The molecule has 0 aliphatic rings. The Kier molecular flexibility index (Phi) is 10.6. The second-order valence-corrected chi connectivity index (χ2v) is 5.02. The molecule has 0 fully saturated rings. The average molecular weight is 261 g/mol. The van der Waals surface area contributed by atoms with Crippen LogP contribution in [0.5, 0.6) is 0 Å². The lowest BCUT2D eigenvalue weighted by Gasteiger charge is -2.37. The summed E-state index contributed by atoms with van der Waals surface area (Å²) < 4.78 is 16.2. The first-order valence-corrected chi connectivity index (χ1v) is 6.96. The van der Waals surface area contributed by atoms with Crippen LogP contribution in [0.3, 0.4) is 0 Å². The first kappa shape index (κ1) is 17.8. The summed E-state index contributed by atoms with van der Waals surface area (Å²) in [5.41, 5.74) is 0. The maximum absolute atomic E-state index is 5.67. The lowest BCUT2D eigenvalue weighted by molar-refractivity contribution is -0.0259. The zero-order valence-corrected chi connectivity index (χ0v) is 12.9. The summed E-state index contributed by atoms with van der Waals surface area (Å²) in [4.78, 5) is 2.45. The third-order valence-corrected chi connectivity index (χ3v) is 2.87. The molecule has 0 heterocycles. The van der Waals surface area contributed by atoms with Gasteiger partial charge in [-0.1, -0.05) is 0 Å². The van der Waals surface area contributed by atoms with Gasteiger partial charge in [0.15, 0.2) is 0 Å². The molecule has 0 amide bonds. The largest absolute Gasteiger partial charge is 0.382 e. The zero-order chi connectivity index (χ0) is 14.0. The van der Waals surface area contributed by atoms with Gasteiger partial charge in [0.1, 0.15) is 0 Å². The number of hydrogen-bond donors (Lipinski definition) is 0. The van der Waals surface area contributed by atoms with Gasteiger partial charge < -0.3 is 14.2 Å². The standard InChI is InChI=1S/C14H31NO3/c1-7-17-10-14(11-18-9-8-16-6)15(12(2)3)13(4)5/h12-14H,7-11H2,1-6H3. The highest BCUT2D eigenvalue weighted by molar-refractivity contribution is 4.77. The molecule has 0 aromatic rings. The molecule has 1 unspecified atom stereocenters. The van der Waals surface area contributed by atoms with E-state index in [9.17, 15) is 0 Å². The van der Waals surface area contributed by atoms with E-state index in [0.717, 1.165) is 13.2 Å². The summed E-state index contributed by atoms with van der Waals surface area (Å²) in [6.07, 6.45) is 0. The Morgan fingerprint density at radius 2 is 1.44 bits per heavy atom. The lowest BCUT2D eigenvalue weighted by atomic mass is 10.1. The molecule has 18 heavy (non-hydrogen) atoms. The smallest absolute Gasteiger partial charge is 0.0701 e. The number of hydrogen-bond acceptors (Lipinski definition) is 4. The molecule has 0 aromatic carbocycles. The van der Waals surface area contributed by atoms with Crippen molar-refractivity contribution in [3.63, 3.8) is 0 Å². The Labute approximate surface area is 113 Å². The number of rotatable bonds is 11. The number of ether oxygens (including phenoxy) is 3. The average Bonchev–Trinajstić information content (AvgIpc) is 2.30. The molecule has 0 saturated carbocycles. The van der Waals surface area contributed by atoms with Crippen LogP contribution in [-0.4, -0.2) is 63.2 Å². The normalized spacial score (nSPS) is 13.8. The van der Waals surface area contributed by atoms with Crippen LogP contribution in [-0.2, 0) is 14.2 Å². The molecule has 0 bridgehead atoms. The summed E-state index contributed by atoms with van der Waals surface area (Å²) in [6.45, 7) is 14.3. The van der Waals surface area contributed by atoms with Crippen LogP contribution in [0.15, 0.2) is 0 Å². The van der Waals surface area contributed by atoms with Crippen molar-refractivity contribution in [3.8, 4) is 0 Å². The van der Waals surface area contributed by atoms with Crippen LogP contribution in [0, 0.1) is 0 Å². The summed E-state index contributed by atoms with van der Waals surface area (Å²) in [7, 11) is 1.69. The van der Waals surface area contributed by atoms with E-state index in [1.807, 2.05) is 6.92 Å². The van der Waals surface area contributed by atoms with Crippen molar-refractivity contribution in [1.82, 2.24) is 4.90 Å². The van der Waals surface area contributed by atoms with Crippen molar-refractivity contribution in [2.45, 2.75) is 52.7 Å². The molecule has 0 rings (SSSR count). The molecular weight excluding hydrogens is 230 g/mol. The van der Waals surface area contributed by atoms with Gasteiger partial charge in [0.25, 0.3) is 0 Å². The molecule has 4 nitrogen and oxygen atoms in total. The van der Waals surface area contributed by atoms with Gasteiger partial charge in [-0.2, -0.15) is 0 Å². The second-order valence-electron chi connectivity index (χ2n) is 5.02.